The molecule has 0 heterocycles. The van der Waals surface area contributed by atoms with Crippen LogP contribution in [-0.4, -0.2) is 58.0 Å². The van der Waals surface area contributed by atoms with E-state index in [9.17, 15) is 24.1 Å². The van der Waals surface area contributed by atoms with Gasteiger partial charge in [0.25, 0.3) is 0 Å². The first-order chi connectivity index (χ1) is 26.1. The van der Waals surface area contributed by atoms with Gasteiger partial charge < -0.3 is 24.4 Å². The predicted octanol–water partition coefficient (Wildman–Crippen LogP) is 9.46. The highest BCUT2D eigenvalue weighted by molar-refractivity contribution is 7.46. The van der Waals surface area contributed by atoms with Crippen LogP contribution >= 0.6 is 7.82 Å². The van der Waals surface area contributed by atoms with Crippen LogP contribution in [0.2, 0.25) is 0 Å². The number of phosphoric ester groups is 1. The van der Waals surface area contributed by atoms with Gasteiger partial charge in [0, 0.05) is 18.8 Å². The fourth-order valence-corrected chi connectivity index (χ4v) is 5.70. The van der Waals surface area contributed by atoms with E-state index in [-0.39, 0.29) is 37.1 Å². The number of ketones is 1. The van der Waals surface area contributed by atoms with Gasteiger partial charge in [-0.1, -0.05) is 124 Å². The van der Waals surface area contributed by atoms with Crippen molar-refractivity contribution in [2.45, 2.75) is 129 Å². The van der Waals surface area contributed by atoms with E-state index >= 15 is 0 Å². The zero-order valence-corrected chi connectivity index (χ0v) is 33.3. The third-order valence-corrected chi connectivity index (χ3v) is 8.82. The lowest BCUT2D eigenvalue weighted by Crippen LogP contribution is -2.29. The summed E-state index contributed by atoms with van der Waals surface area (Å²) in [6, 6.07) is 0. The standard InChI is InChI=1S/C43H65O10P/c1-3-5-7-8-9-10-11-12-13-14-15-16-17-18-19-20-26-30-43(47)53-39(36-52-54(48,49)50)35-51-42(46)29-25-22-21-24-27-37-31-34-41(45)40(37)33-32-38(44)28-23-6-4-2/h5,7,9-10,12-13,15-16,18-19,21,24,31-34,37-40,44H,3-4,6,8,11,14,17,20,22-23,25-30,35-36H2,1-2H3,(H2,48,49,50)/b7-5-,10-9-,13-12-,16-15-,19-18-,24-21-,33-32+/t37-,38-,39+,40+/m0/s1. The maximum absolute atomic E-state index is 12.4. The number of hydrogen-bond acceptors (Lipinski definition) is 8. The van der Waals surface area contributed by atoms with Crippen molar-refractivity contribution in [2.24, 2.45) is 11.8 Å². The molecule has 0 bridgehead atoms. The van der Waals surface area contributed by atoms with E-state index in [1.807, 2.05) is 36.5 Å². The number of rotatable bonds is 31. The summed E-state index contributed by atoms with van der Waals surface area (Å²) in [5.41, 5.74) is 0. The minimum atomic E-state index is -4.82. The zero-order valence-electron chi connectivity index (χ0n) is 32.4. The van der Waals surface area contributed by atoms with Crippen molar-refractivity contribution in [3.63, 3.8) is 0 Å². The van der Waals surface area contributed by atoms with Crippen LogP contribution in [0.4, 0.5) is 0 Å². The summed E-state index contributed by atoms with van der Waals surface area (Å²) >= 11 is 0. The van der Waals surface area contributed by atoms with Gasteiger partial charge in [0.15, 0.2) is 11.9 Å². The fraction of sp³-hybridized carbons (Fsp3) is 0.558. The number of carbonyl (C=O) groups is 3. The minimum absolute atomic E-state index is 0.0193. The maximum atomic E-state index is 12.4. The molecule has 0 aromatic rings. The molecule has 54 heavy (non-hydrogen) atoms. The van der Waals surface area contributed by atoms with Gasteiger partial charge in [-0.15, -0.1) is 0 Å². The predicted molar refractivity (Wildman–Crippen MR) is 215 cm³/mol. The van der Waals surface area contributed by atoms with Crippen molar-refractivity contribution in [3.05, 3.63) is 97.2 Å². The van der Waals surface area contributed by atoms with Crippen LogP contribution in [0.1, 0.15) is 117 Å². The Morgan fingerprint density at radius 3 is 1.94 bits per heavy atom. The highest BCUT2D eigenvalue weighted by atomic mass is 31.2. The first-order valence-electron chi connectivity index (χ1n) is 19.6. The summed E-state index contributed by atoms with van der Waals surface area (Å²) in [6.45, 7) is 3.23. The number of esters is 2. The normalized spacial score (nSPS) is 17.9. The smallest absolute Gasteiger partial charge is 0.462 e. The largest absolute Gasteiger partial charge is 0.469 e. The first-order valence-corrected chi connectivity index (χ1v) is 21.1. The van der Waals surface area contributed by atoms with E-state index in [1.165, 1.54) is 0 Å². The Balaban J connectivity index is 2.33. The third-order valence-electron chi connectivity index (χ3n) is 8.33. The lowest BCUT2D eigenvalue weighted by atomic mass is 9.90. The highest BCUT2D eigenvalue weighted by Crippen LogP contribution is 2.36. The number of carbonyl (C=O) groups excluding carboxylic acids is 3. The van der Waals surface area contributed by atoms with E-state index in [0.717, 1.165) is 51.4 Å². The summed E-state index contributed by atoms with van der Waals surface area (Å²) in [6.07, 6.45) is 41.9. The summed E-state index contributed by atoms with van der Waals surface area (Å²) in [5.74, 6) is -1.35. The van der Waals surface area contributed by atoms with Crippen LogP contribution in [0.5, 0.6) is 0 Å². The van der Waals surface area contributed by atoms with Crippen molar-refractivity contribution in [1.82, 2.24) is 0 Å². The Morgan fingerprint density at radius 1 is 0.778 bits per heavy atom. The molecule has 0 unspecified atom stereocenters. The summed E-state index contributed by atoms with van der Waals surface area (Å²) in [7, 11) is -4.82. The van der Waals surface area contributed by atoms with Crippen molar-refractivity contribution >= 4 is 25.5 Å². The van der Waals surface area contributed by atoms with Gasteiger partial charge in [-0.05, 0) is 82.6 Å². The Hall–Kier alpha value is -3.40. The van der Waals surface area contributed by atoms with Gasteiger partial charge in [-0.3, -0.25) is 18.9 Å². The summed E-state index contributed by atoms with van der Waals surface area (Å²) in [4.78, 5) is 55.2. The molecule has 302 valence electrons. The second-order valence-corrected chi connectivity index (χ2v) is 14.4. The molecule has 0 aromatic carbocycles. The first kappa shape index (κ1) is 48.6. The maximum Gasteiger partial charge on any atom is 0.469 e. The molecule has 10 nitrogen and oxygen atoms in total. The van der Waals surface area contributed by atoms with Gasteiger partial charge in [0.05, 0.1) is 12.7 Å². The van der Waals surface area contributed by atoms with E-state index in [1.54, 1.807) is 12.2 Å². The molecule has 0 fully saturated rings. The number of hydrogen-bond donors (Lipinski definition) is 3. The van der Waals surface area contributed by atoms with Gasteiger partial charge in [0.1, 0.15) is 6.61 Å². The van der Waals surface area contributed by atoms with Crippen molar-refractivity contribution in [3.8, 4) is 0 Å². The van der Waals surface area contributed by atoms with Crippen LogP contribution in [0.3, 0.4) is 0 Å². The molecule has 4 atom stereocenters. The Morgan fingerprint density at radius 2 is 1.35 bits per heavy atom. The molecule has 0 aromatic heterocycles. The molecule has 0 saturated heterocycles. The van der Waals surface area contributed by atoms with Crippen LogP contribution in [0.15, 0.2) is 97.2 Å². The van der Waals surface area contributed by atoms with Gasteiger partial charge in [0.2, 0.25) is 0 Å². The molecule has 0 saturated carbocycles. The fourth-order valence-electron chi connectivity index (χ4n) is 5.34. The third kappa shape index (κ3) is 28.1. The molecule has 3 N–H and O–H groups in total. The van der Waals surface area contributed by atoms with E-state index in [4.69, 9.17) is 19.3 Å². The number of aliphatic hydroxyl groups excluding tert-OH is 1. The molecule has 1 aliphatic carbocycles. The topological polar surface area (TPSA) is 157 Å². The monoisotopic (exact) mass is 772 g/mol. The van der Waals surface area contributed by atoms with Crippen LogP contribution in [0, 0.1) is 11.8 Å². The average molecular weight is 773 g/mol. The van der Waals surface area contributed by atoms with Crippen LogP contribution < -0.4 is 0 Å². The average Bonchev–Trinajstić information content (AvgIpc) is 3.49. The van der Waals surface area contributed by atoms with Crippen molar-refractivity contribution in [1.29, 1.82) is 0 Å². The number of unbranched alkanes of at least 4 members (excludes halogenated alkanes) is 4. The van der Waals surface area contributed by atoms with Crippen molar-refractivity contribution in [2.75, 3.05) is 13.2 Å². The lowest BCUT2D eigenvalue weighted by molar-refractivity contribution is -0.161. The Kier molecular flexibility index (Phi) is 28.7. The number of ether oxygens (including phenoxy) is 2. The second kappa shape index (κ2) is 31.9. The SMILES string of the molecule is CC/C=C\C/C=C\C/C=C\C/C=C\C/C=C\CCCC(=O)O[C@H](COC(=O)CCC/C=C\C[C@H]1C=CC(=O)[C@@H]1/C=C/[C@@H](O)CCCCC)COP(=O)(O)O. The quantitative estimate of drug-likeness (QED) is 0.0268. The molecule has 1 rings (SSSR count). The number of aliphatic hydroxyl groups is 1. The van der Waals surface area contributed by atoms with E-state index < -0.39 is 38.6 Å². The summed E-state index contributed by atoms with van der Waals surface area (Å²) < 4.78 is 26.3. The number of allylic oxidation sites excluding steroid dienone is 15. The van der Waals surface area contributed by atoms with Gasteiger partial charge in [-0.25, -0.2) is 4.57 Å². The molecule has 1 aliphatic rings. The zero-order chi connectivity index (χ0) is 39.7. The molecule has 11 heteroatoms. The Labute approximate surface area is 323 Å². The Bertz CT molecular complexity index is 1330. The molecular weight excluding hydrogens is 707 g/mol. The van der Waals surface area contributed by atoms with E-state index in [0.29, 0.717) is 38.5 Å². The molecule has 0 radical (unpaired) electrons. The van der Waals surface area contributed by atoms with Crippen LogP contribution in [-0.2, 0) is 32.9 Å². The van der Waals surface area contributed by atoms with Gasteiger partial charge >= 0.3 is 19.8 Å². The van der Waals surface area contributed by atoms with E-state index in [2.05, 4.69) is 67.0 Å². The molecule has 0 aliphatic heterocycles. The molecule has 0 amide bonds. The second-order valence-electron chi connectivity index (χ2n) is 13.2. The summed E-state index contributed by atoms with van der Waals surface area (Å²) in [5, 5.41) is 10.2. The minimum Gasteiger partial charge on any atom is -0.462 e. The molecular formula is C43H65O10P. The number of phosphoric acid groups is 1. The molecule has 0 spiro atoms. The highest BCUT2D eigenvalue weighted by Gasteiger charge is 2.27. The lowest BCUT2D eigenvalue weighted by Gasteiger charge is -2.18. The van der Waals surface area contributed by atoms with Gasteiger partial charge in [-0.2, -0.15) is 0 Å². The van der Waals surface area contributed by atoms with Crippen LogP contribution in [0.25, 0.3) is 0 Å². The van der Waals surface area contributed by atoms with Crippen molar-refractivity contribution < 1.29 is 47.8 Å².